The van der Waals surface area contributed by atoms with Gasteiger partial charge in [0.15, 0.2) is 5.96 Å². The monoisotopic (exact) mass is 360 g/mol. The van der Waals surface area contributed by atoms with Gasteiger partial charge in [-0.05, 0) is 50.8 Å². The largest absolute Gasteiger partial charge is 0.385 e. The number of nitrogens with zero attached hydrogens (tertiary/aromatic N) is 2. The average Bonchev–Trinajstić information content (AvgIpc) is 2.62. The minimum Gasteiger partial charge on any atom is -0.385 e. The highest BCUT2D eigenvalue weighted by Crippen LogP contribution is 2.43. The number of hydrogen-bond donors (Lipinski definition) is 2. The summed E-state index contributed by atoms with van der Waals surface area (Å²) in [6.07, 6.45) is 6.05. The van der Waals surface area contributed by atoms with Crippen LogP contribution < -0.4 is 10.6 Å². The van der Waals surface area contributed by atoms with Gasteiger partial charge in [0.2, 0.25) is 0 Å². The lowest BCUT2D eigenvalue weighted by atomic mass is 9.67. The number of nitrogens with one attached hydrogen (secondary N) is 2. The predicted octanol–water partition coefficient (Wildman–Crippen LogP) is 2.53. The van der Waals surface area contributed by atoms with Crippen LogP contribution in [-0.2, 0) is 11.2 Å². The topological polar surface area (TPSA) is 48.9 Å². The van der Waals surface area contributed by atoms with Crippen molar-refractivity contribution in [1.29, 1.82) is 0 Å². The average molecular weight is 361 g/mol. The third-order valence-electron chi connectivity index (χ3n) is 5.65. The standard InChI is InChI=1S/C21H36N4O/c1-22-20(24-17-21(11-8-12-21)13-14-26-4)23-16-19(25(2)3)15-18-9-6-5-7-10-18/h5-7,9-10,19H,8,11-17H2,1-4H3,(H2,22,23,24). The first-order valence-electron chi connectivity index (χ1n) is 9.72. The zero-order chi connectivity index (χ0) is 18.8. The minimum atomic E-state index is 0.388. The summed E-state index contributed by atoms with van der Waals surface area (Å²) in [6.45, 7) is 2.68. The second-order valence-electron chi connectivity index (χ2n) is 7.71. The van der Waals surface area contributed by atoms with Gasteiger partial charge in [0.1, 0.15) is 0 Å². The molecule has 1 aromatic carbocycles. The Labute approximate surface area is 159 Å². The number of ether oxygens (including phenoxy) is 1. The van der Waals surface area contributed by atoms with Gasteiger partial charge in [-0.15, -0.1) is 0 Å². The molecule has 2 N–H and O–H groups in total. The molecule has 1 fully saturated rings. The highest BCUT2D eigenvalue weighted by Gasteiger charge is 2.36. The molecule has 0 saturated heterocycles. The van der Waals surface area contributed by atoms with E-state index in [0.29, 0.717) is 11.5 Å². The highest BCUT2D eigenvalue weighted by molar-refractivity contribution is 5.79. The van der Waals surface area contributed by atoms with E-state index in [0.717, 1.165) is 38.5 Å². The Morgan fingerprint density at radius 1 is 1.23 bits per heavy atom. The van der Waals surface area contributed by atoms with Crippen LogP contribution in [-0.4, -0.2) is 64.9 Å². The molecule has 1 aliphatic rings. The molecule has 0 aromatic heterocycles. The molecule has 5 heteroatoms. The molecule has 1 aliphatic carbocycles. The van der Waals surface area contributed by atoms with Crippen LogP contribution in [0.15, 0.2) is 35.3 Å². The van der Waals surface area contributed by atoms with E-state index in [1.807, 2.05) is 7.05 Å². The Hall–Kier alpha value is -1.59. The fraction of sp³-hybridized carbons (Fsp3) is 0.667. The van der Waals surface area contributed by atoms with Gasteiger partial charge in [0, 0.05) is 39.9 Å². The molecule has 0 aliphatic heterocycles. The van der Waals surface area contributed by atoms with Gasteiger partial charge >= 0.3 is 0 Å². The Balaban J connectivity index is 1.82. The van der Waals surface area contributed by atoms with E-state index < -0.39 is 0 Å². The Morgan fingerprint density at radius 2 is 1.96 bits per heavy atom. The molecular formula is C21H36N4O. The summed E-state index contributed by atoms with van der Waals surface area (Å²) in [5.74, 6) is 0.897. The summed E-state index contributed by atoms with van der Waals surface area (Å²) in [7, 11) is 7.91. The number of benzene rings is 1. The van der Waals surface area contributed by atoms with Crippen LogP contribution in [0.4, 0.5) is 0 Å². The molecule has 26 heavy (non-hydrogen) atoms. The van der Waals surface area contributed by atoms with Crippen molar-refractivity contribution in [2.24, 2.45) is 10.4 Å². The van der Waals surface area contributed by atoms with E-state index in [4.69, 9.17) is 4.74 Å². The SMILES string of the molecule is CN=C(NCC(Cc1ccccc1)N(C)C)NCC1(CCOC)CCC1. The summed E-state index contributed by atoms with van der Waals surface area (Å²) in [6, 6.07) is 11.1. The zero-order valence-electron chi connectivity index (χ0n) is 16.9. The molecule has 1 saturated carbocycles. The number of guanidine groups is 1. The smallest absolute Gasteiger partial charge is 0.191 e. The minimum absolute atomic E-state index is 0.388. The second kappa shape index (κ2) is 10.5. The quantitative estimate of drug-likeness (QED) is 0.497. The first-order valence-corrected chi connectivity index (χ1v) is 9.72. The van der Waals surface area contributed by atoms with Gasteiger partial charge in [-0.3, -0.25) is 4.99 Å². The van der Waals surface area contributed by atoms with Crippen molar-refractivity contribution in [2.75, 3.05) is 47.9 Å². The van der Waals surface area contributed by atoms with Crippen molar-refractivity contribution in [3.8, 4) is 0 Å². The van der Waals surface area contributed by atoms with Gasteiger partial charge in [-0.1, -0.05) is 36.8 Å². The molecule has 0 heterocycles. The van der Waals surface area contributed by atoms with Crippen LogP contribution in [0.3, 0.4) is 0 Å². The molecule has 0 amide bonds. The van der Waals surface area contributed by atoms with Crippen LogP contribution in [0, 0.1) is 5.41 Å². The summed E-state index contributed by atoms with van der Waals surface area (Å²) in [4.78, 5) is 6.69. The lowest BCUT2D eigenvalue weighted by molar-refractivity contribution is 0.0732. The predicted molar refractivity (Wildman–Crippen MR) is 110 cm³/mol. The lowest BCUT2D eigenvalue weighted by Gasteiger charge is -2.42. The molecular weight excluding hydrogens is 324 g/mol. The van der Waals surface area contributed by atoms with E-state index in [2.05, 4.69) is 65.0 Å². The summed E-state index contributed by atoms with van der Waals surface area (Å²) >= 11 is 0. The molecule has 5 nitrogen and oxygen atoms in total. The molecule has 2 rings (SSSR count). The van der Waals surface area contributed by atoms with Crippen molar-refractivity contribution < 1.29 is 4.74 Å². The Kier molecular flexibility index (Phi) is 8.39. The molecule has 0 radical (unpaired) electrons. The van der Waals surface area contributed by atoms with Crippen molar-refractivity contribution in [2.45, 2.75) is 38.1 Å². The molecule has 0 bridgehead atoms. The van der Waals surface area contributed by atoms with Crippen molar-refractivity contribution in [3.63, 3.8) is 0 Å². The highest BCUT2D eigenvalue weighted by atomic mass is 16.5. The van der Waals surface area contributed by atoms with Crippen LogP contribution >= 0.6 is 0 Å². The Morgan fingerprint density at radius 3 is 2.50 bits per heavy atom. The van der Waals surface area contributed by atoms with E-state index in [-0.39, 0.29) is 0 Å². The van der Waals surface area contributed by atoms with Crippen molar-refractivity contribution in [3.05, 3.63) is 35.9 Å². The third kappa shape index (κ3) is 6.29. The summed E-state index contributed by atoms with van der Waals surface area (Å²) < 4.78 is 5.29. The number of rotatable bonds is 10. The van der Waals surface area contributed by atoms with Crippen molar-refractivity contribution in [1.82, 2.24) is 15.5 Å². The van der Waals surface area contributed by atoms with E-state index >= 15 is 0 Å². The third-order valence-corrected chi connectivity index (χ3v) is 5.65. The maximum atomic E-state index is 5.29. The maximum Gasteiger partial charge on any atom is 0.191 e. The number of likely N-dealkylation sites (N-methyl/N-ethyl adjacent to an activating group) is 1. The van der Waals surface area contributed by atoms with Crippen LogP contribution in [0.5, 0.6) is 0 Å². The fourth-order valence-electron chi connectivity index (χ4n) is 3.54. The molecule has 1 unspecified atom stereocenters. The molecule has 146 valence electrons. The molecule has 1 aromatic rings. The van der Waals surface area contributed by atoms with E-state index in [9.17, 15) is 0 Å². The van der Waals surface area contributed by atoms with Gasteiger partial charge in [0.05, 0.1) is 0 Å². The van der Waals surface area contributed by atoms with E-state index in [1.165, 1.54) is 24.8 Å². The van der Waals surface area contributed by atoms with Gasteiger partial charge in [-0.25, -0.2) is 0 Å². The van der Waals surface area contributed by atoms with Crippen LogP contribution in [0.2, 0.25) is 0 Å². The first kappa shape index (κ1) is 20.7. The number of hydrogen-bond acceptors (Lipinski definition) is 3. The zero-order valence-corrected chi connectivity index (χ0v) is 16.9. The molecule has 0 spiro atoms. The maximum absolute atomic E-state index is 5.29. The van der Waals surface area contributed by atoms with Gasteiger partial charge in [0.25, 0.3) is 0 Å². The van der Waals surface area contributed by atoms with Crippen molar-refractivity contribution >= 4 is 5.96 Å². The van der Waals surface area contributed by atoms with Gasteiger partial charge in [-0.2, -0.15) is 0 Å². The van der Waals surface area contributed by atoms with Gasteiger partial charge < -0.3 is 20.3 Å². The normalized spacial score (nSPS) is 17.7. The number of aliphatic imine (C=N–C) groups is 1. The van der Waals surface area contributed by atoms with Crippen LogP contribution in [0.25, 0.3) is 0 Å². The number of methoxy groups -OCH3 is 1. The fourth-order valence-corrected chi connectivity index (χ4v) is 3.54. The first-order chi connectivity index (χ1) is 12.6. The molecule has 1 atom stereocenters. The summed E-state index contributed by atoms with van der Waals surface area (Å²) in [5, 5.41) is 7.06. The second-order valence-corrected chi connectivity index (χ2v) is 7.71. The Bertz CT molecular complexity index is 540. The van der Waals surface area contributed by atoms with Crippen LogP contribution in [0.1, 0.15) is 31.2 Å². The lowest BCUT2D eigenvalue weighted by Crippen LogP contribution is -2.50. The van der Waals surface area contributed by atoms with E-state index in [1.54, 1.807) is 7.11 Å². The summed E-state index contributed by atoms with van der Waals surface area (Å²) in [5.41, 5.74) is 1.75.